The first-order valence-electron chi connectivity index (χ1n) is 7.29. The number of aromatic nitrogens is 1. The second-order valence-electron chi connectivity index (χ2n) is 5.07. The molecule has 0 aliphatic carbocycles. The van der Waals surface area contributed by atoms with Crippen molar-refractivity contribution in [3.8, 4) is 21.0 Å². The summed E-state index contributed by atoms with van der Waals surface area (Å²) >= 11 is 2.56. The molecule has 0 spiro atoms. The molecule has 0 radical (unpaired) electrons. The van der Waals surface area contributed by atoms with Gasteiger partial charge in [-0.3, -0.25) is 4.79 Å². The smallest absolute Gasteiger partial charge is 0.356 e. The maximum atomic E-state index is 11.5. The summed E-state index contributed by atoms with van der Waals surface area (Å²) in [4.78, 5) is 27.9. The van der Waals surface area contributed by atoms with E-state index in [0.717, 1.165) is 16.0 Å². The van der Waals surface area contributed by atoms with E-state index in [2.05, 4.69) is 4.98 Å². The number of carbonyl (C=O) groups is 2. The molecular weight excluding hydrogens is 358 g/mol. The van der Waals surface area contributed by atoms with Crippen molar-refractivity contribution in [2.45, 2.75) is 4.90 Å². The Morgan fingerprint density at radius 2 is 1.64 bits per heavy atom. The Hall–Kier alpha value is -2.64. The van der Waals surface area contributed by atoms with Crippen LogP contribution in [-0.2, 0) is 4.79 Å². The number of aromatic carboxylic acids is 1. The first kappa shape index (κ1) is 17.2. The molecule has 7 heteroatoms. The van der Waals surface area contributed by atoms with Crippen molar-refractivity contribution in [1.82, 2.24) is 4.98 Å². The molecule has 0 aliphatic rings. The standard InChI is InChI=1S/C18H13NO4S2/c20-14(21)10-24-13-8-6-12(7-9-13)17-19-15(18(22)23)16(25-17)11-4-2-1-3-5-11/h1-9H,10H2,(H,20,21)(H,22,23). The first-order valence-corrected chi connectivity index (χ1v) is 9.09. The third kappa shape index (κ3) is 4.07. The molecule has 0 saturated carbocycles. The number of rotatable bonds is 6. The van der Waals surface area contributed by atoms with Crippen LogP contribution < -0.4 is 0 Å². The van der Waals surface area contributed by atoms with E-state index in [1.165, 1.54) is 23.1 Å². The number of aliphatic carboxylic acids is 1. The van der Waals surface area contributed by atoms with E-state index in [-0.39, 0.29) is 11.4 Å². The van der Waals surface area contributed by atoms with Crippen LogP contribution in [0.25, 0.3) is 21.0 Å². The van der Waals surface area contributed by atoms with Crippen molar-refractivity contribution in [2.24, 2.45) is 0 Å². The summed E-state index contributed by atoms with van der Waals surface area (Å²) in [7, 11) is 0. The summed E-state index contributed by atoms with van der Waals surface area (Å²) in [5, 5.41) is 18.8. The van der Waals surface area contributed by atoms with E-state index in [1.807, 2.05) is 54.6 Å². The molecule has 0 amide bonds. The van der Waals surface area contributed by atoms with Gasteiger partial charge in [-0.25, -0.2) is 9.78 Å². The Labute approximate surface area is 152 Å². The molecule has 0 aliphatic heterocycles. The number of carboxylic acids is 2. The summed E-state index contributed by atoms with van der Waals surface area (Å²) in [5.41, 5.74) is 1.65. The maximum absolute atomic E-state index is 11.5. The molecule has 0 bridgehead atoms. The van der Waals surface area contributed by atoms with E-state index in [0.29, 0.717) is 9.88 Å². The molecule has 1 aromatic heterocycles. The monoisotopic (exact) mass is 371 g/mol. The molecule has 5 nitrogen and oxygen atoms in total. The molecule has 0 unspecified atom stereocenters. The van der Waals surface area contributed by atoms with E-state index in [9.17, 15) is 14.7 Å². The van der Waals surface area contributed by atoms with Gasteiger partial charge >= 0.3 is 11.9 Å². The molecule has 3 rings (SSSR count). The zero-order valence-electron chi connectivity index (χ0n) is 12.9. The minimum absolute atomic E-state index is 0.00207. The zero-order chi connectivity index (χ0) is 17.8. The highest BCUT2D eigenvalue weighted by Gasteiger charge is 2.19. The van der Waals surface area contributed by atoms with Crippen LogP contribution in [0.3, 0.4) is 0 Å². The summed E-state index contributed by atoms with van der Waals surface area (Å²) in [5.74, 6) is -1.93. The van der Waals surface area contributed by atoms with E-state index in [4.69, 9.17) is 5.11 Å². The molecule has 0 atom stereocenters. The third-order valence-electron chi connectivity index (χ3n) is 3.33. The van der Waals surface area contributed by atoms with Gasteiger partial charge in [0, 0.05) is 10.5 Å². The fraction of sp³-hybridized carbons (Fsp3) is 0.0556. The van der Waals surface area contributed by atoms with Gasteiger partial charge in [0.1, 0.15) is 5.01 Å². The number of thiazole rings is 1. The fourth-order valence-corrected chi connectivity index (χ4v) is 3.90. The zero-order valence-corrected chi connectivity index (χ0v) is 14.5. The molecule has 2 N–H and O–H groups in total. The number of thioether (sulfide) groups is 1. The van der Waals surface area contributed by atoms with Crippen molar-refractivity contribution >= 4 is 35.0 Å². The summed E-state index contributed by atoms with van der Waals surface area (Å²) in [6.45, 7) is 0. The molecule has 2 aromatic carbocycles. The predicted octanol–water partition coefficient (Wildman–Crippen LogP) is 4.35. The fourth-order valence-electron chi connectivity index (χ4n) is 2.21. The van der Waals surface area contributed by atoms with Gasteiger partial charge in [-0.05, 0) is 17.7 Å². The van der Waals surface area contributed by atoms with Crippen LogP contribution in [0.5, 0.6) is 0 Å². The lowest BCUT2D eigenvalue weighted by Crippen LogP contribution is -1.98. The van der Waals surface area contributed by atoms with Gasteiger partial charge in [-0.15, -0.1) is 23.1 Å². The van der Waals surface area contributed by atoms with Gasteiger partial charge in [0.15, 0.2) is 5.69 Å². The number of hydrogen-bond acceptors (Lipinski definition) is 5. The van der Waals surface area contributed by atoms with E-state index >= 15 is 0 Å². The second-order valence-corrected chi connectivity index (χ2v) is 7.12. The second kappa shape index (κ2) is 7.50. The van der Waals surface area contributed by atoms with Crippen LogP contribution in [0, 0.1) is 0 Å². The Bertz CT molecular complexity index is 905. The lowest BCUT2D eigenvalue weighted by Gasteiger charge is -2.00. The SMILES string of the molecule is O=C(O)CSc1ccc(-c2nc(C(=O)O)c(-c3ccccc3)s2)cc1. The van der Waals surface area contributed by atoms with Crippen molar-refractivity contribution < 1.29 is 19.8 Å². The first-order chi connectivity index (χ1) is 12.0. The van der Waals surface area contributed by atoms with Gasteiger partial charge in [-0.2, -0.15) is 0 Å². The molecule has 0 fully saturated rings. The highest BCUT2D eigenvalue weighted by Crippen LogP contribution is 2.36. The van der Waals surface area contributed by atoms with Gasteiger partial charge in [0.25, 0.3) is 0 Å². The largest absolute Gasteiger partial charge is 0.481 e. The molecule has 1 heterocycles. The van der Waals surface area contributed by atoms with Crippen LogP contribution in [-0.4, -0.2) is 32.9 Å². The lowest BCUT2D eigenvalue weighted by atomic mass is 10.1. The molecule has 25 heavy (non-hydrogen) atoms. The maximum Gasteiger partial charge on any atom is 0.356 e. The topological polar surface area (TPSA) is 87.5 Å². The van der Waals surface area contributed by atoms with Gasteiger partial charge in [0.05, 0.1) is 10.6 Å². The van der Waals surface area contributed by atoms with Crippen LogP contribution in [0.4, 0.5) is 0 Å². The molecular formula is C18H13NO4S2. The summed E-state index contributed by atoms with van der Waals surface area (Å²) in [6, 6.07) is 16.6. The molecule has 0 saturated heterocycles. The summed E-state index contributed by atoms with van der Waals surface area (Å²) < 4.78 is 0. The average Bonchev–Trinajstić information content (AvgIpc) is 3.07. The predicted molar refractivity (Wildman–Crippen MR) is 98.3 cm³/mol. The highest BCUT2D eigenvalue weighted by molar-refractivity contribution is 8.00. The number of carboxylic acid groups (broad SMARTS) is 2. The third-order valence-corrected chi connectivity index (χ3v) is 5.48. The van der Waals surface area contributed by atoms with E-state index < -0.39 is 11.9 Å². The molecule has 3 aromatic rings. The van der Waals surface area contributed by atoms with Crippen LogP contribution in [0.15, 0.2) is 59.5 Å². The normalized spacial score (nSPS) is 10.6. The minimum atomic E-state index is -1.06. The van der Waals surface area contributed by atoms with Crippen LogP contribution >= 0.6 is 23.1 Å². The van der Waals surface area contributed by atoms with Gasteiger partial charge in [0.2, 0.25) is 0 Å². The van der Waals surface area contributed by atoms with Crippen molar-refractivity contribution in [2.75, 3.05) is 5.75 Å². The minimum Gasteiger partial charge on any atom is -0.481 e. The lowest BCUT2D eigenvalue weighted by molar-refractivity contribution is -0.133. The number of benzene rings is 2. The highest BCUT2D eigenvalue weighted by atomic mass is 32.2. The number of nitrogens with zero attached hydrogens (tertiary/aromatic N) is 1. The Morgan fingerprint density at radius 3 is 2.24 bits per heavy atom. The average molecular weight is 371 g/mol. The van der Waals surface area contributed by atoms with Crippen molar-refractivity contribution in [1.29, 1.82) is 0 Å². The quantitative estimate of drug-likeness (QED) is 0.626. The van der Waals surface area contributed by atoms with Crippen molar-refractivity contribution in [3.63, 3.8) is 0 Å². The van der Waals surface area contributed by atoms with Crippen LogP contribution in [0.2, 0.25) is 0 Å². The Kier molecular flexibility index (Phi) is 5.16. The van der Waals surface area contributed by atoms with Gasteiger partial charge < -0.3 is 10.2 Å². The molecule has 126 valence electrons. The van der Waals surface area contributed by atoms with Gasteiger partial charge in [-0.1, -0.05) is 42.5 Å². The summed E-state index contributed by atoms with van der Waals surface area (Å²) in [6.07, 6.45) is 0. The number of hydrogen-bond donors (Lipinski definition) is 2. The Morgan fingerprint density at radius 1 is 0.960 bits per heavy atom. The van der Waals surface area contributed by atoms with Crippen molar-refractivity contribution in [3.05, 3.63) is 60.3 Å². The Balaban J connectivity index is 1.93. The van der Waals surface area contributed by atoms with Crippen LogP contribution in [0.1, 0.15) is 10.5 Å². The van der Waals surface area contributed by atoms with E-state index in [1.54, 1.807) is 0 Å².